The van der Waals surface area contributed by atoms with Crippen LogP contribution in [0.25, 0.3) is 0 Å². The van der Waals surface area contributed by atoms with E-state index in [0.29, 0.717) is 5.75 Å². The van der Waals surface area contributed by atoms with E-state index < -0.39 is 15.8 Å². The molecule has 0 aliphatic rings. The number of rotatable bonds is 3. The minimum absolute atomic E-state index is 0.113. The first-order chi connectivity index (χ1) is 8.45. The van der Waals surface area contributed by atoms with Crippen molar-refractivity contribution in [3.8, 4) is 11.6 Å². The fourth-order valence-corrected chi connectivity index (χ4v) is 1.95. The normalized spacial score (nSPS) is 11.2. The molecule has 1 heterocycles. The van der Waals surface area contributed by atoms with Gasteiger partial charge in [-0.3, -0.25) is 0 Å². The maximum absolute atomic E-state index is 12.8. The van der Waals surface area contributed by atoms with E-state index in [1.807, 2.05) is 0 Å². The molecule has 0 saturated heterocycles. The monoisotopic (exact) mass is 267 g/mol. The van der Waals surface area contributed by atoms with Gasteiger partial charge in [0.05, 0.1) is 4.90 Å². The summed E-state index contributed by atoms with van der Waals surface area (Å²) >= 11 is 0. The largest absolute Gasteiger partial charge is 0.439 e. The van der Waals surface area contributed by atoms with Crippen LogP contribution in [0, 0.1) is 5.95 Å². The number of ether oxygens (including phenoxy) is 1. The Kier molecular flexibility index (Phi) is 3.29. The highest BCUT2D eigenvalue weighted by molar-refractivity contribution is 7.90. The Morgan fingerprint density at radius 2 is 1.78 bits per heavy atom. The average molecular weight is 267 g/mol. The fourth-order valence-electron chi connectivity index (χ4n) is 1.32. The molecular weight excluding hydrogens is 257 g/mol. The molecule has 0 spiro atoms. The van der Waals surface area contributed by atoms with Gasteiger partial charge in [-0.15, -0.1) is 0 Å². The van der Waals surface area contributed by atoms with E-state index in [4.69, 9.17) is 4.74 Å². The zero-order chi connectivity index (χ0) is 13.2. The van der Waals surface area contributed by atoms with E-state index >= 15 is 0 Å². The third kappa shape index (κ3) is 3.04. The first-order valence-corrected chi connectivity index (χ1v) is 6.95. The molecule has 1 aromatic carbocycles. The van der Waals surface area contributed by atoms with Crippen molar-refractivity contribution in [3.05, 3.63) is 48.4 Å². The SMILES string of the molecule is CS(=O)(=O)c1ccc(Oc2cccc(F)n2)cc1. The zero-order valence-electron chi connectivity index (χ0n) is 9.50. The molecule has 4 nitrogen and oxygen atoms in total. The van der Waals surface area contributed by atoms with Crippen LogP contribution in [-0.2, 0) is 9.84 Å². The number of hydrogen-bond acceptors (Lipinski definition) is 4. The van der Waals surface area contributed by atoms with Crippen LogP contribution in [0.4, 0.5) is 4.39 Å². The van der Waals surface area contributed by atoms with Gasteiger partial charge in [-0.1, -0.05) is 6.07 Å². The first-order valence-electron chi connectivity index (χ1n) is 5.06. The van der Waals surface area contributed by atoms with Gasteiger partial charge < -0.3 is 4.74 Å². The van der Waals surface area contributed by atoms with Gasteiger partial charge in [0.25, 0.3) is 0 Å². The second kappa shape index (κ2) is 4.73. The zero-order valence-corrected chi connectivity index (χ0v) is 10.3. The highest BCUT2D eigenvalue weighted by Gasteiger charge is 2.07. The van der Waals surface area contributed by atoms with Crippen LogP contribution in [0.1, 0.15) is 0 Å². The first kappa shape index (κ1) is 12.5. The van der Waals surface area contributed by atoms with Gasteiger partial charge in [0.2, 0.25) is 11.8 Å². The van der Waals surface area contributed by atoms with E-state index in [1.165, 1.54) is 42.5 Å². The molecule has 0 radical (unpaired) electrons. The van der Waals surface area contributed by atoms with E-state index in [0.717, 1.165) is 6.26 Å². The van der Waals surface area contributed by atoms with Crippen molar-refractivity contribution in [1.29, 1.82) is 0 Å². The molecule has 2 rings (SSSR count). The molecule has 0 N–H and O–H groups in total. The lowest BCUT2D eigenvalue weighted by molar-refractivity contribution is 0.445. The van der Waals surface area contributed by atoms with Gasteiger partial charge in [0.15, 0.2) is 9.84 Å². The molecule has 6 heteroatoms. The van der Waals surface area contributed by atoms with Crippen molar-refractivity contribution in [1.82, 2.24) is 4.98 Å². The van der Waals surface area contributed by atoms with Crippen LogP contribution in [0.3, 0.4) is 0 Å². The third-order valence-corrected chi connectivity index (χ3v) is 3.29. The van der Waals surface area contributed by atoms with Gasteiger partial charge >= 0.3 is 0 Å². The molecule has 18 heavy (non-hydrogen) atoms. The van der Waals surface area contributed by atoms with Gasteiger partial charge in [-0.25, -0.2) is 8.42 Å². The molecular formula is C12H10FNO3S. The molecule has 0 amide bonds. The lowest BCUT2D eigenvalue weighted by Crippen LogP contribution is -1.96. The predicted molar refractivity (Wildman–Crippen MR) is 63.8 cm³/mol. The number of benzene rings is 1. The molecule has 2 aromatic rings. The Labute approximate surface area is 104 Å². The number of halogens is 1. The van der Waals surface area contributed by atoms with Crippen LogP contribution in [0.15, 0.2) is 47.4 Å². The van der Waals surface area contributed by atoms with E-state index in [-0.39, 0.29) is 10.8 Å². The quantitative estimate of drug-likeness (QED) is 0.801. The Hall–Kier alpha value is -1.95. The van der Waals surface area contributed by atoms with Gasteiger partial charge in [-0.05, 0) is 30.3 Å². The lowest BCUT2D eigenvalue weighted by Gasteiger charge is -2.05. The molecule has 1 aromatic heterocycles. The molecule has 0 bridgehead atoms. The van der Waals surface area contributed by atoms with Crippen molar-refractivity contribution in [2.24, 2.45) is 0 Å². The summed E-state index contributed by atoms with van der Waals surface area (Å²) in [6.07, 6.45) is 1.12. The summed E-state index contributed by atoms with van der Waals surface area (Å²) < 4.78 is 40.6. The van der Waals surface area contributed by atoms with E-state index in [2.05, 4.69) is 4.98 Å². The van der Waals surface area contributed by atoms with Crippen molar-refractivity contribution in [3.63, 3.8) is 0 Å². The smallest absolute Gasteiger partial charge is 0.221 e. The van der Waals surface area contributed by atoms with Gasteiger partial charge in [0.1, 0.15) is 5.75 Å². The molecule has 0 fully saturated rings. The highest BCUT2D eigenvalue weighted by Crippen LogP contribution is 2.21. The molecule has 94 valence electrons. The molecule has 0 atom stereocenters. The van der Waals surface area contributed by atoms with Crippen LogP contribution in [-0.4, -0.2) is 19.7 Å². The second-order valence-electron chi connectivity index (χ2n) is 3.64. The maximum Gasteiger partial charge on any atom is 0.221 e. The standard InChI is InChI=1S/C12H10FNO3S/c1-18(15,16)10-7-5-9(6-8-10)17-12-4-2-3-11(13)14-12/h2-8H,1H3. The Bertz CT molecular complexity index is 653. The minimum atomic E-state index is -3.23. The topological polar surface area (TPSA) is 56.3 Å². The minimum Gasteiger partial charge on any atom is -0.439 e. The Morgan fingerprint density at radius 3 is 2.33 bits per heavy atom. The fraction of sp³-hybridized carbons (Fsp3) is 0.0833. The second-order valence-corrected chi connectivity index (χ2v) is 5.66. The van der Waals surface area contributed by atoms with Gasteiger partial charge in [0, 0.05) is 12.3 Å². The summed E-state index contributed by atoms with van der Waals surface area (Å²) in [5.41, 5.74) is 0. The Balaban J connectivity index is 2.21. The van der Waals surface area contributed by atoms with E-state index in [9.17, 15) is 12.8 Å². The average Bonchev–Trinajstić information content (AvgIpc) is 2.28. The number of sulfone groups is 1. The maximum atomic E-state index is 12.8. The number of pyridine rings is 1. The van der Waals surface area contributed by atoms with Gasteiger partial charge in [-0.2, -0.15) is 9.37 Å². The lowest BCUT2D eigenvalue weighted by atomic mass is 10.3. The summed E-state index contributed by atoms with van der Waals surface area (Å²) in [7, 11) is -3.23. The molecule has 0 unspecified atom stereocenters. The van der Waals surface area contributed by atoms with E-state index in [1.54, 1.807) is 0 Å². The summed E-state index contributed by atoms with van der Waals surface area (Å²) in [6, 6.07) is 10.0. The summed E-state index contributed by atoms with van der Waals surface area (Å²) in [5, 5.41) is 0. The van der Waals surface area contributed by atoms with Crippen molar-refractivity contribution < 1.29 is 17.5 Å². The number of aromatic nitrogens is 1. The number of nitrogens with zero attached hydrogens (tertiary/aromatic N) is 1. The van der Waals surface area contributed by atoms with Crippen molar-refractivity contribution in [2.45, 2.75) is 4.90 Å². The Morgan fingerprint density at radius 1 is 1.11 bits per heavy atom. The van der Waals surface area contributed by atoms with Crippen molar-refractivity contribution >= 4 is 9.84 Å². The highest BCUT2D eigenvalue weighted by atomic mass is 32.2. The summed E-state index contributed by atoms with van der Waals surface area (Å²) in [4.78, 5) is 3.73. The van der Waals surface area contributed by atoms with Crippen LogP contribution in [0.5, 0.6) is 11.6 Å². The van der Waals surface area contributed by atoms with Crippen LogP contribution in [0.2, 0.25) is 0 Å². The molecule has 0 aliphatic carbocycles. The predicted octanol–water partition coefficient (Wildman–Crippen LogP) is 2.42. The number of hydrogen-bond donors (Lipinski definition) is 0. The van der Waals surface area contributed by atoms with Crippen LogP contribution < -0.4 is 4.74 Å². The molecule has 0 saturated carbocycles. The summed E-state index contributed by atoms with van der Waals surface area (Å²) in [6.45, 7) is 0. The van der Waals surface area contributed by atoms with Crippen LogP contribution >= 0.6 is 0 Å². The van der Waals surface area contributed by atoms with Crippen molar-refractivity contribution in [2.75, 3.05) is 6.26 Å². The summed E-state index contributed by atoms with van der Waals surface area (Å²) in [5.74, 6) is -0.136. The molecule has 0 aliphatic heterocycles. The third-order valence-electron chi connectivity index (χ3n) is 2.16.